The smallest absolute Gasteiger partial charge is 0.221 e. The Morgan fingerprint density at radius 3 is 2.59 bits per heavy atom. The van der Waals surface area contributed by atoms with Gasteiger partial charge in [-0.25, -0.2) is 0 Å². The van der Waals surface area contributed by atoms with Crippen molar-refractivity contribution in [3.8, 4) is 0 Å². The summed E-state index contributed by atoms with van der Waals surface area (Å²) in [6, 6.07) is 0.459. The lowest BCUT2D eigenvalue weighted by Crippen LogP contribution is -2.37. The van der Waals surface area contributed by atoms with Crippen LogP contribution < -0.4 is 10.6 Å². The SMILES string of the molecule is O=C(CCNCC1(CO)CCCC1)NC1CC1. The minimum Gasteiger partial charge on any atom is -0.396 e. The Bertz CT molecular complexity index is 258. The van der Waals surface area contributed by atoms with Gasteiger partial charge in [0.15, 0.2) is 0 Å². The Balaban J connectivity index is 1.56. The Hall–Kier alpha value is -0.610. The second kappa shape index (κ2) is 5.83. The van der Waals surface area contributed by atoms with Gasteiger partial charge in [0, 0.05) is 37.6 Å². The van der Waals surface area contributed by atoms with E-state index in [0.717, 1.165) is 38.8 Å². The van der Waals surface area contributed by atoms with Crippen LogP contribution in [0.5, 0.6) is 0 Å². The fourth-order valence-corrected chi connectivity index (χ4v) is 2.60. The molecule has 4 nitrogen and oxygen atoms in total. The van der Waals surface area contributed by atoms with Gasteiger partial charge in [-0.3, -0.25) is 4.79 Å². The fourth-order valence-electron chi connectivity index (χ4n) is 2.60. The number of hydrogen-bond donors (Lipinski definition) is 3. The summed E-state index contributed by atoms with van der Waals surface area (Å²) in [5, 5.41) is 15.7. The maximum atomic E-state index is 11.4. The monoisotopic (exact) mass is 240 g/mol. The summed E-state index contributed by atoms with van der Waals surface area (Å²) < 4.78 is 0. The number of aliphatic hydroxyl groups excluding tert-OH is 1. The highest BCUT2D eigenvalue weighted by molar-refractivity contribution is 5.76. The second-order valence-corrected chi connectivity index (χ2v) is 5.63. The van der Waals surface area contributed by atoms with Crippen molar-refractivity contribution in [2.45, 2.75) is 51.0 Å². The molecular formula is C13H24N2O2. The first-order valence-electron chi connectivity index (χ1n) is 6.85. The lowest BCUT2D eigenvalue weighted by molar-refractivity contribution is -0.121. The molecule has 2 saturated carbocycles. The molecule has 17 heavy (non-hydrogen) atoms. The number of rotatable bonds is 7. The van der Waals surface area contributed by atoms with Crippen LogP contribution in [0.3, 0.4) is 0 Å². The number of carbonyl (C=O) groups is 1. The van der Waals surface area contributed by atoms with Gasteiger partial charge in [0.05, 0.1) is 0 Å². The van der Waals surface area contributed by atoms with Gasteiger partial charge in [-0.2, -0.15) is 0 Å². The number of amides is 1. The van der Waals surface area contributed by atoms with Crippen molar-refractivity contribution in [3.63, 3.8) is 0 Å². The van der Waals surface area contributed by atoms with Crippen LogP contribution in [-0.2, 0) is 4.79 Å². The van der Waals surface area contributed by atoms with Gasteiger partial charge < -0.3 is 15.7 Å². The van der Waals surface area contributed by atoms with Crippen molar-refractivity contribution in [1.29, 1.82) is 0 Å². The van der Waals surface area contributed by atoms with E-state index in [4.69, 9.17) is 0 Å². The summed E-state index contributed by atoms with van der Waals surface area (Å²) in [6.45, 7) is 1.84. The zero-order valence-electron chi connectivity index (χ0n) is 10.5. The maximum absolute atomic E-state index is 11.4. The van der Waals surface area contributed by atoms with E-state index in [1.165, 1.54) is 12.8 Å². The standard InChI is InChI=1S/C13H24N2O2/c16-10-13(6-1-2-7-13)9-14-8-5-12(17)15-11-3-4-11/h11,14,16H,1-10H2,(H,15,17). The summed E-state index contributed by atoms with van der Waals surface area (Å²) in [5.41, 5.74) is 0.0902. The molecular weight excluding hydrogens is 216 g/mol. The van der Waals surface area contributed by atoms with Crippen LogP contribution in [0.15, 0.2) is 0 Å². The number of nitrogens with one attached hydrogen (secondary N) is 2. The highest BCUT2D eigenvalue weighted by atomic mass is 16.3. The van der Waals surface area contributed by atoms with Crippen LogP contribution in [-0.4, -0.2) is 36.8 Å². The van der Waals surface area contributed by atoms with Gasteiger partial charge in [-0.05, 0) is 25.7 Å². The van der Waals surface area contributed by atoms with Crippen molar-refractivity contribution in [1.82, 2.24) is 10.6 Å². The molecule has 0 aromatic rings. The molecule has 0 spiro atoms. The van der Waals surface area contributed by atoms with Gasteiger partial charge in [-0.1, -0.05) is 12.8 Å². The molecule has 2 fully saturated rings. The van der Waals surface area contributed by atoms with E-state index in [0.29, 0.717) is 12.5 Å². The van der Waals surface area contributed by atoms with Crippen LogP contribution in [0.25, 0.3) is 0 Å². The van der Waals surface area contributed by atoms with Gasteiger partial charge in [0.25, 0.3) is 0 Å². The van der Waals surface area contributed by atoms with Gasteiger partial charge >= 0.3 is 0 Å². The molecule has 0 aromatic carbocycles. The van der Waals surface area contributed by atoms with Gasteiger partial charge in [0.1, 0.15) is 0 Å². The molecule has 0 heterocycles. The molecule has 2 rings (SSSR count). The molecule has 2 aliphatic rings. The van der Waals surface area contributed by atoms with Crippen molar-refractivity contribution in [2.75, 3.05) is 19.7 Å². The molecule has 2 aliphatic carbocycles. The Labute approximate surface area is 103 Å². The Morgan fingerprint density at radius 2 is 2.00 bits per heavy atom. The third-order valence-corrected chi connectivity index (χ3v) is 3.97. The molecule has 0 aromatic heterocycles. The Kier molecular flexibility index (Phi) is 4.40. The molecule has 0 radical (unpaired) electrons. The first-order valence-corrected chi connectivity index (χ1v) is 6.85. The van der Waals surface area contributed by atoms with Crippen LogP contribution in [0, 0.1) is 5.41 Å². The van der Waals surface area contributed by atoms with Crippen LogP contribution >= 0.6 is 0 Å². The van der Waals surface area contributed by atoms with E-state index >= 15 is 0 Å². The maximum Gasteiger partial charge on any atom is 0.221 e. The first-order chi connectivity index (χ1) is 8.24. The predicted octanol–water partition coefficient (Wildman–Crippen LogP) is 0.797. The molecule has 0 saturated heterocycles. The molecule has 0 bridgehead atoms. The average Bonchev–Trinajstić information content (AvgIpc) is 3.01. The first kappa shape index (κ1) is 12.8. The summed E-state index contributed by atoms with van der Waals surface area (Å²) in [6.07, 6.45) is 7.53. The normalized spacial score (nSPS) is 22.6. The van der Waals surface area contributed by atoms with Crippen molar-refractivity contribution >= 4 is 5.91 Å². The van der Waals surface area contributed by atoms with Gasteiger partial charge in [0.2, 0.25) is 5.91 Å². The van der Waals surface area contributed by atoms with Crippen molar-refractivity contribution in [2.24, 2.45) is 5.41 Å². The molecule has 0 aliphatic heterocycles. The van der Waals surface area contributed by atoms with Crippen LogP contribution in [0.2, 0.25) is 0 Å². The zero-order chi connectivity index (χ0) is 12.1. The fraction of sp³-hybridized carbons (Fsp3) is 0.923. The predicted molar refractivity (Wildman–Crippen MR) is 66.6 cm³/mol. The molecule has 98 valence electrons. The summed E-state index contributed by atoms with van der Waals surface area (Å²) in [7, 11) is 0. The minimum atomic E-state index is 0.0902. The van der Waals surface area contributed by atoms with Gasteiger partial charge in [-0.15, -0.1) is 0 Å². The lowest BCUT2D eigenvalue weighted by atomic mass is 9.87. The number of aliphatic hydroxyl groups is 1. The van der Waals surface area contributed by atoms with E-state index in [9.17, 15) is 9.90 Å². The number of carbonyl (C=O) groups excluding carboxylic acids is 1. The highest BCUT2D eigenvalue weighted by Crippen LogP contribution is 2.36. The quantitative estimate of drug-likeness (QED) is 0.577. The van der Waals surface area contributed by atoms with Crippen molar-refractivity contribution < 1.29 is 9.90 Å². The number of hydrogen-bond acceptors (Lipinski definition) is 3. The highest BCUT2D eigenvalue weighted by Gasteiger charge is 2.32. The lowest BCUT2D eigenvalue weighted by Gasteiger charge is -2.26. The molecule has 1 amide bonds. The minimum absolute atomic E-state index is 0.0902. The van der Waals surface area contributed by atoms with E-state index in [2.05, 4.69) is 10.6 Å². The summed E-state index contributed by atoms with van der Waals surface area (Å²) in [4.78, 5) is 11.4. The van der Waals surface area contributed by atoms with E-state index < -0.39 is 0 Å². The molecule has 0 atom stereocenters. The third-order valence-electron chi connectivity index (χ3n) is 3.97. The van der Waals surface area contributed by atoms with E-state index in [1.54, 1.807) is 0 Å². The van der Waals surface area contributed by atoms with Crippen molar-refractivity contribution in [3.05, 3.63) is 0 Å². The average molecular weight is 240 g/mol. The summed E-state index contributed by atoms with van der Waals surface area (Å²) in [5.74, 6) is 0.157. The largest absolute Gasteiger partial charge is 0.396 e. The van der Waals surface area contributed by atoms with E-state index in [1.807, 2.05) is 0 Å². The molecule has 3 N–H and O–H groups in total. The second-order valence-electron chi connectivity index (χ2n) is 5.63. The Morgan fingerprint density at radius 1 is 1.29 bits per heavy atom. The van der Waals surface area contributed by atoms with E-state index in [-0.39, 0.29) is 17.9 Å². The molecule has 0 unspecified atom stereocenters. The molecule has 4 heteroatoms. The zero-order valence-corrected chi connectivity index (χ0v) is 10.5. The van der Waals surface area contributed by atoms with Crippen LogP contribution in [0.1, 0.15) is 44.9 Å². The third kappa shape index (κ3) is 3.96. The topological polar surface area (TPSA) is 61.4 Å². The van der Waals surface area contributed by atoms with Crippen LogP contribution in [0.4, 0.5) is 0 Å². The summed E-state index contributed by atoms with van der Waals surface area (Å²) >= 11 is 0.